The van der Waals surface area contributed by atoms with Gasteiger partial charge in [-0.05, 0) is 30.2 Å². The molecule has 8 heteroatoms. The molecule has 1 aromatic rings. The minimum absolute atomic E-state index is 0.154. The molecule has 0 bridgehead atoms. The van der Waals surface area contributed by atoms with Crippen LogP contribution in [0, 0.1) is 0 Å². The van der Waals surface area contributed by atoms with Gasteiger partial charge in [-0.3, -0.25) is 14.5 Å². The maximum absolute atomic E-state index is 12.0. The van der Waals surface area contributed by atoms with Crippen LogP contribution in [-0.4, -0.2) is 45.2 Å². The van der Waals surface area contributed by atoms with Crippen molar-refractivity contribution in [1.29, 1.82) is 0 Å². The van der Waals surface area contributed by atoms with Gasteiger partial charge in [-0.15, -0.1) is 0 Å². The van der Waals surface area contributed by atoms with Gasteiger partial charge >= 0.3 is 5.97 Å². The van der Waals surface area contributed by atoms with Crippen molar-refractivity contribution in [3.8, 4) is 0 Å². The SMILES string of the molecule is CC[C@H](NC(=O)c1ccc(/C=C2\SC(=S)N(C)C2=O)cc1)C(=O)O. The Morgan fingerprint density at radius 1 is 1.38 bits per heavy atom. The molecule has 2 N–H and O–H groups in total. The van der Waals surface area contributed by atoms with Crippen LogP contribution < -0.4 is 5.32 Å². The molecular formula is C16H16N2O4S2. The van der Waals surface area contributed by atoms with Gasteiger partial charge in [0.2, 0.25) is 0 Å². The zero-order chi connectivity index (χ0) is 17.9. The van der Waals surface area contributed by atoms with Crippen LogP contribution in [0.25, 0.3) is 6.08 Å². The number of nitrogens with zero attached hydrogens (tertiary/aromatic N) is 1. The number of carboxylic acids is 1. The fourth-order valence-electron chi connectivity index (χ4n) is 2.01. The fourth-order valence-corrected chi connectivity index (χ4v) is 3.19. The van der Waals surface area contributed by atoms with E-state index in [1.54, 1.807) is 44.3 Å². The van der Waals surface area contributed by atoms with E-state index in [9.17, 15) is 14.4 Å². The van der Waals surface area contributed by atoms with Gasteiger partial charge in [-0.1, -0.05) is 43.0 Å². The molecule has 1 saturated heterocycles. The van der Waals surface area contributed by atoms with E-state index in [0.717, 1.165) is 5.56 Å². The van der Waals surface area contributed by atoms with Crippen LogP contribution in [0.1, 0.15) is 29.3 Å². The molecule has 1 aromatic carbocycles. The Kier molecular flexibility index (Phi) is 5.74. The molecule has 0 spiro atoms. The molecule has 6 nitrogen and oxygen atoms in total. The Bertz CT molecular complexity index is 728. The highest BCUT2D eigenvalue weighted by Crippen LogP contribution is 2.31. The Labute approximate surface area is 148 Å². The fraction of sp³-hybridized carbons (Fsp3) is 0.250. The van der Waals surface area contributed by atoms with Gasteiger partial charge < -0.3 is 10.4 Å². The number of hydrogen-bond acceptors (Lipinski definition) is 5. The van der Waals surface area contributed by atoms with Crippen molar-refractivity contribution in [2.24, 2.45) is 0 Å². The number of benzene rings is 1. The molecule has 1 heterocycles. The average molecular weight is 364 g/mol. The summed E-state index contributed by atoms with van der Waals surface area (Å²) in [7, 11) is 1.62. The second-order valence-electron chi connectivity index (χ2n) is 5.14. The molecule has 0 saturated carbocycles. The van der Waals surface area contributed by atoms with Crippen LogP contribution >= 0.6 is 24.0 Å². The third-order valence-electron chi connectivity index (χ3n) is 3.47. The van der Waals surface area contributed by atoms with Crippen molar-refractivity contribution in [3.63, 3.8) is 0 Å². The molecule has 1 fully saturated rings. The molecule has 0 unspecified atom stereocenters. The normalized spacial score (nSPS) is 17.2. The topological polar surface area (TPSA) is 86.7 Å². The lowest BCUT2D eigenvalue weighted by atomic mass is 10.1. The first-order chi connectivity index (χ1) is 11.3. The second kappa shape index (κ2) is 7.59. The Balaban J connectivity index is 2.11. The summed E-state index contributed by atoms with van der Waals surface area (Å²) >= 11 is 6.29. The molecule has 1 aliphatic rings. The monoisotopic (exact) mass is 364 g/mol. The van der Waals surface area contributed by atoms with Crippen molar-refractivity contribution < 1.29 is 19.5 Å². The van der Waals surface area contributed by atoms with E-state index in [4.69, 9.17) is 17.3 Å². The van der Waals surface area contributed by atoms with Crippen molar-refractivity contribution in [1.82, 2.24) is 10.2 Å². The molecule has 0 radical (unpaired) electrons. The number of thiocarbonyl (C=S) groups is 1. The predicted molar refractivity (Wildman–Crippen MR) is 96.6 cm³/mol. The number of hydrogen-bond donors (Lipinski definition) is 2. The van der Waals surface area contributed by atoms with Crippen LogP contribution in [0.15, 0.2) is 29.2 Å². The largest absolute Gasteiger partial charge is 0.480 e. The van der Waals surface area contributed by atoms with E-state index in [1.165, 1.54) is 16.7 Å². The van der Waals surface area contributed by atoms with Gasteiger partial charge in [0.15, 0.2) is 0 Å². The van der Waals surface area contributed by atoms with Crippen LogP contribution in [0.3, 0.4) is 0 Å². The van der Waals surface area contributed by atoms with Crippen molar-refractivity contribution >= 4 is 52.2 Å². The summed E-state index contributed by atoms with van der Waals surface area (Å²) in [6, 6.07) is 5.64. The van der Waals surface area contributed by atoms with E-state index in [0.29, 0.717) is 21.2 Å². The molecule has 1 atom stereocenters. The number of carbonyl (C=O) groups is 3. The molecule has 0 aliphatic carbocycles. The second-order valence-corrected chi connectivity index (χ2v) is 6.81. The number of carboxylic acid groups (broad SMARTS) is 1. The van der Waals surface area contributed by atoms with Crippen molar-refractivity contribution in [3.05, 3.63) is 40.3 Å². The smallest absolute Gasteiger partial charge is 0.326 e. The molecule has 0 aromatic heterocycles. The first-order valence-corrected chi connectivity index (χ1v) is 8.41. The van der Waals surface area contributed by atoms with Crippen LogP contribution in [0.4, 0.5) is 0 Å². The van der Waals surface area contributed by atoms with Crippen LogP contribution in [-0.2, 0) is 9.59 Å². The summed E-state index contributed by atoms with van der Waals surface area (Å²) in [6.07, 6.45) is 2.01. The summed E-state index contributed by atoms with van der Waals surface area (Å²) in [6.45, 7) is 1.69. The van der Waals surface area contributed by atoms with Gasteiger partial charge in [0.05, 0.1) is 4.91 Å². The molecule has 1 aliphatic heterocycles. The molecule has 126 valence electrons. The van der Waals surface area contributed by atoms with E-state index in [-0.39, 0.29) is 5.91 Å². The van der Waals surface area contributed by atoms with Crippen molar-refractivity contribution in [2.45, 2.75) is 19.4 Å². The Hall–Kier alpha value is -2.19. The summed E-state index contributed by atoms with van der Waals surface area (Å²) in [5, 5.41) is 11.4. The number of nitrogens with one attached hydrogen (secondary N) is 1. The van der Waals surface area contributed by atoms with E-state index in [1.807, 2.05) is 0 Å². The highest BCUT2D eigenvalue weighted by molar-refractivity contribution is 8.26. The number of thioether (sulfide) groups is 1. The van der Waals surface area contributed by atoms with Gasteiger partial charge in [-0.25, -0.2) is 4.79 Å². The zero-order valence-corrected chi connectivity index (χ0v) is 14.7. The summed E-state index contributed by atoms with van der Waals surface area (Å²) in [4.78, 5) is 36.9. The number of aliphatic carboxylic acids is 1. The maximum atomic E-state index is 12.0. The molecular weight excluding hydrogens is 348 g/mol. The standard InChI is InChI=1S/C16H16N2O4S2/c1-3-11(15(21)22)17-13(19)10-6-4-9(5-7-10)8-12-14(20)18(2)16(23)24-12/h4-8,11H,3H2,1-2H3,(H,17,19)(H,21,22)/b12-8-/t11-/m0/s1. The minimum atomic E-state index is -1.07. The lowest BCUT2D eigenvalue weighted by molar-refractivity contribution is -0.139. The van der Waals surface area contributed by atoms with Gasteiger partial charge in [0, 0.05) is 12.6 Å². The average Bonchev–Trinajstić information content (AvgIpc) is 2.79. The zero-order valence-electron chi connectivity index (χ0n) is 13.1. The summed E-state index contributed by atoms with van der Waals surface area (Å²) in [5.74, 6) is -1.67. The van der Waals surface area contributed by atoms with Gasteiger partial charge in [0.1, 0.15) is 10.4 Å². The third-order valence-corrected chi connectivity index (χ3v) is 4.95. The number of amides is 2. The Morgan fingerprint density at radius 2 is 2.00 bits per heavy atom. The first kappa shape index (κ1) is 18.2. The van der Waals surface area contributed by atoms with Crippen molar-refractivity contribution in [2.75, 3.05) is 7.05 Å². The lowest BCUT2D eigenvalue weighted by Crippen LogP contribution is -2.40. The quantitative estimate of drug-likeness (QED) is 0.615. The summed E-state index contributed by atoms with van der Waals surface area (Å²) < 4.78 is 0.501. The van der Waals surface area contributed by atoms with Crippen LogP contribution in [0.5, 0.6) is 0 Å². The van der Waals surface area contributed by atoms with Gasteiger partial charge in [-0.2, -0.15) is 0 Å². The first-order valence-electron chi connectivity index (χ1n) is 7.18. The van der Waals surface area contributed by atoms with Crippen LogP contribution in [0.2, 0.25) is 0 Å². The number of carbonyl (C=O) groups excluding carboxylic acids is 2. The summed E-state index contributed by atoms with van der Waals surface area (Å²) in [5.41, 5.74) is 1.11. The lowest BCUT2D eigenvalue weighted by Gasteiger charge is -2.12. The van der Waals surface area contributed by atoms with Gasteiger partial charge in [0.25, 0.3) is 11.8 Å². The highest BCUT2D eigenvalue weighted by atomic mass is 32.2. The third kappa shape index (κ3) is 4.01. The molecule has 2 rings (SSSR count). The number of likely N-dealkylation sites (N-methyl/N-ethyl adjacent to an activating group) is 1. The molecule has 24 heavy (non-hydrogen) atoms. The minimum Gasteiger partial charge on any atom is -0.480 e. The molecule has 2 amide bonds. The van der Waals surface area contributed by atoms with E-state index < -0.39 is 17.9 Å². The van der Waals surface area contributed by atoms with E-state index in [2.05, 4.69) is 5.32 Å². The van der Waals surface area contributed by atoms with E-state index >= 15 is 0 Å². The predicted octanol–water partition coefficient (Wildman–Crippen LogP) is 2.11. The maximum Gasteiger partial charge on any atom is 0.326 e. The number of rotatable bonds is 5. The Morgan fingerprint density at radius 3 is 2.46 bits per heavy atom. The highest BCUT2D eigenvalue weighted by Gasteiger charge is 2.28.